The summed E-state index contributed by atoms with van der Waals surface area (Å²) in [6.45, 7) is 4.64. The molecule has 0 radical (unpaired) electrons. The SMILES string of the molecule is Cc1cccc(C(=O)Nc2nc(C)c(C(=O)Nc3ccc4c(c3)OCCO4)s2)c1. The van der Waals surface area contributed by atoms with E-state index in [0.717, 1.165) is 16.9 Å². The first-order valence-electron chi connectivity index (χ1n) is 9.06. The summed E-state index contributed by atoms with van der Waals surface area (Å²) in [5.74, 6) is 0.694. The van der Waals surface area contributed by atoms with Gasteiger partial charge in [0, 0.05) is 17.3 Å². The number of fused-ring (bicyclic) bond motifs is 1. The van der Waals surface area contributed by atoms with Crippen molar-refractivity contribution in [2.75, 3.05) is 23.8 Å². The van der Waals surface area contributed by atoms with Crippen molar-refractivity contribution in [1.82, 2.24) is 4.98 Å². The summed E-state index contributed by atoms with van der Waals surface area (Å²) in [6.07, 6.45) is 0. The predicted molar refractivity (Wildman–Crippen MR) is 111 cm³/mol. The summed E-state index contributed by atoms with van der Waals surface area (Å²) in [4.78, 5) is 29.8. The number of amides is 2. The zero-order chi connectivity index (χ0) is 20.4. The Morgan fingerprint density at radius 1 is 0.966 bits per heavy atom. The topological polar surface area (TPSA) is 89.6 Å². The first kappa shape index (κ1) is 18.9. The molecule has 1 aromatic heterocycles. The van der Waals surface area contributed by atoms with Gasteiger partial charge < -0.3 is 14.8 Å². The largest absolute Gasteiger partial charge is 0.486 e. The number of nitrogens with zero attached hydrogens (tertiary/aromatic N) is 1. The van der Waals surface area contributed by atoms with E-state index in [2.05, 4.69) is 15.6 Å². The molecular weight excluding hydrogens is 390 g/mol. The Morgan fingerprint density at radius 3 is 2.55 bits per heavy atom. The highest BCUT2D eigenvalue weighted by atomic mass is 32.1. The monoisotopic (exact) mass is 409 g/mol. The van der Waals surface area contributed by atoms with Gasteiger partial charge in [0.2, 0.25) is 0 Å². The summed E-state index contributed by atoms with van der Waals surface area (Å²) >= 11 is 1.13. The molecule has 2 heterocycles. The number of anilines is 2. The van der Waals surface area contributed by atoms with Crippen LogP contribution in [0, 0.1) is 13.8 Å². The van der Waals surface area contributed by atoms with Gasteiger partial charge in [-0.05, 0) is 38.1 Å². The second kappa shape index (κ2) is 7.92. The van der Waals surface area contributed by atoms with Gasteiger partial charge in [0.25, 0.3) is 11.8 Å². The lowest BCUT2D eigenvalue weighted by atomic mass is 10.1. The maximum atomic E-state index is 12.7. The van der Waals surface area contributed by atoms with Crippen molar-refractivity contribution in [2.45, 2.75) is 13.8 Å². The highest BCUT2D eigenvalue weighted by Gasteiger charge is 2.19. The van der Waals surface area contributed by atoms with E-state index in [1.807, 2.05) is 19.1 Å². The molecule has 29 heavy (non-hydrogen) atoms. The lowest BCUT2D eigenvalue weighted by molar-refractivity contribution is 0.102. The summed E-state index contributed by atoms with van der Waals surface area (Å²) < 4.78 is 11.0. The fraction of sp³-hybridized carbons (Fsp3) is 0.190. The van der Waals surface area contributed by atoms with E-state index < -0.39 is 0 Å². The number of ether oxygens (including phenoxy) is 2. The quantitative estimate of drug-likeness (QED) is 0.679. The minimum Gasteiger partial charge on any atom is -0.486 e. The van der Waals surface area contributed by atoms with E-state index in [-0.39, 0.29) is 11.8 Å². The number of rotatable bonds is 4. The van der Waals surface area contributed by atoms with Crippen LogP contribution in [0.3, 0.4) is 0 Å². The maximum absolute atomic E-state index is 12.7. The molecule has 0 saturated heterocycles. The van der Waals surface area contributed by atoms with Gasteiger partial charge in [-0.15, -0.1) is 0 Å². The van der Waals surface area contributed by atoms with Gasteiger partial charge in [-0.3, -0.25) is 14.9 Å². The van der Waals surface area contributed by atoms with E-state index >= 15 is 0 Å². The number of aryl methyl sites for hydroxylation is 2. The van der Waals surface area contributed by atoms with E-state index in [9.17, 15) is 9.59 Å². The Hall–Kier alpha value is -3.39. The second-order valence-corrected chi connectivity index (χ2v) is 7.57. The average Bonchev–Trinajstić information content (AvgIpc) is 3.08. The molecule has 2 N–H and O–H groups in total. The Bertz CT molecular complexity index is 1090. The van der Waals surface area contributed by atoms with Crippen molar-refractivity contribution in [3.63, 3.8) is 0 Å². The van der Waals surface area contributed by atoms with Crippen LogP contribution in [0.2, 0.25) is 0 Å². The fourth-order valence-electron chi connectivity index (χ4n) is 2.93. The van der Waals surface area contributed by atoms with Gasteiger partial charge >= 0.3 is 0 Å². The summed E-state index contributed by atoms with van der Waals surface area (Å²) in [6, 6.07) is 12.5. The van der Waals surface area contributed by atoms with Crippen LogP contribution in [0.25, 0.3) is 0 Å². The molecule has 8 heteroatoms. The normalized spacial score (nSPS) is 12.3. The molecule has 3 aromatic rings. The Kier molecular flexibility index (Phi) is 5.18. The molecule has 0 aliphatic carbocycles. The van der Waals surface area contributed by atoms with E-state index in [4.69, 9.17) is 9.47 Å². The van der Waals surface area contributed by atoms with Crippen molar-refractivity contribution < 1.29 is 19.1 Å². The first-order valence-corrected chi connectivity index (χ1v) is 9.88. The van der Waals surface area contributed by atoms with Crippen LogP contribution >= 0.6 is 11.3 Å². The number of thiazole rings is 1. The first-order chi connectivity index (χ1) is 14.0. The molecule has 148 valence electrons. The standard InChI is InChI=1S/C21H19N3O4S/c1-12-4-3-5-14(10-12)19(25)24-21-22-13(2)18(29-21)20(26)23-15-6-7-16-17(11-15)28-9-8-27-16/h3-7,10-11H,8-9H2,1-2H3,(H,23,26)(H,22,24,25). The third-order valence-corrected chi connectivity index (χ3v) is 5.38. The van der Waals surface area contributed by atoms with Crippen LogP contribution in [0.1, 0.15) is 31.3 Å². The van der Waals surface area contributed by atoms with Crippen LogP contribution in [-0.4, -0.2) is 30.0 Å². The average molecular weight is 409 g/mol. The lowest BCUT2D eigenvalue weighted by Gasteiger charge is -2.18. The Labute approximate surface area is 171 Å². The molecule has 7 nitrogen and oxygen atoms in total. The summed E-state index contributed by atoms with van der Waals surface area (Å²) in [5.41, 5.74) is 2.68. The number of benzene rings is 2. The minimum atomic E-state index is -0.298. The molecule has 0 bridgehead atoms. The lowest BCUT2D eigenvalue weighted by Crippen LogP contribution is -2.16. The van der Waals surface area contributed by atoms with E-state index in [1.54, 1.807) is 37.3 Å². The smallest absolute Gasteiger partial charge is 0.267 e. The van der Waals surface area contributed by atoms with Crippen LogP contribution < -0.4 is 20.1 Å². The molecule has 2 amide bonds. The van der Waals surface area contributed by atoms with Gasteiger partial charge in [-0.25, -0.2) is 4.98 Å². The Balaban J connectivity index is 1.47. The van der Waals surface area contributed by atoms with Crippen molar-refractivity contribution >= 4 is 34.0 Å². The summed E-state index contributed by atoms with van der Waals surface area (Å²) in [7, 11) is 0. The van der Waals surface area contributed by atoms with Crippen molar-refractivity contribution in [1.29, 1.82) is 0 Å². The zero-order valence-electron chi connectivity index (χ0n) is 15.9. The molecule has 1 aliphatic heterocycles. The van der Waals surface area contributed by atoms with Gasteiger partial charge in [-0.2, -0.15) is 0 Å². The van der Waals surface area contributed by atoms with Gasteiger partial charge in [-0.1, -0.05) is 29.0 Å². The minimum absolute atomic E-state index is 0.263. The van der Waals surface area contributed by atoms with Crippen LogP contribution in [0.4, 0.5) is 10.8 Å². The number of aromatic nitrogens is 1. The number of hydrogen-bond donors (Lipinski definition) is 2. The van der Waals surface area contributed by atoms with Gasteiger partial charge in [0.1, 0.15) is 18.1 Å². The van der Waals surface area contributed by atoms with Crippen molar-refractivity contribution in [3.05, 3.63) is 64.2 Å². The Morgan fingerprint density at radius 2 is 1.76 bits per heavy atom. The number of nitrogens with one attached hydrogen (secondary N) is 2. The number of hydrogen-bond acceptors (Lipinski definition) is 6. The number of carbonyl (C=O) groups is 2. The van der Waals surface area contributed by atoms with E-state index in [1.165, 1.54) is 0 Å². The molecule has 2 aromatic carbocycles. The molecule has 0 unspecified atom stereocenters. The molecule has 0 saturated carbocycles. The molecule has 0 fully saturated rings. The van der Waals surface area contributed by atoms with Crippen molar-refractivity contribution in [2.24, 2.45) is 0 Å². The number of carbonyl (C=O) groups excluding carboxylic acids is 2. The van der Waals surface area contributed by atoms with Crippen LogP contribution in [-0.2, 0) is 0 Å². The molecule has 4 rings (SSSR count). The second-order valence-electron chi connectivity index (χ2n) is 6.57. The fourth-order valence-corrected chi connectivity index (χ4v) is 3.78. The molecule has 0 spiro atoms. The highest BCUT2D eigenvalue weighted by Crippen LogP contribution is 2.33. The predicted octanol–water partition coefficient (Wildman–Crippen LogP) is 4.04. The van der Waals surface area contributed by atoms with Gasteiger partial charge in [0.15, 0.2) is 16.6 Å². The van der Waals surface area contributed by atoms with Gasteiger partial charge in [0.05, 0.1) is 5.69 Å². The highest BCUT2D eigenvalue weighted by molar-refractivity contribution is 7.17. The third-order valence-electron chi connectivity index (χ3n) is 4.30. The third kappa shape index (κ3) is 4.22. The summed E-state index contributed by atoms with van der Waals surface area (Å²) in [5, 5.41) is 5.97. The molecule has 0 atom stereocenters. The van der Waals surface area contributed by atoms with Crippen LogP contribution in [0.15, 0.2) is 42.5 Å². The van der Waals surface area contributed by atoms with E-state index in [0.29, 0.717) is 51.7 Å². The zero-order valence-corrected chi connectivity index (χ0v) is 16.8. The molecule has 1 aliphatic rings. The maximum Gasteiger partial charge on any atom is 0.267 e. The van der Waals surface area contributed by atoms with Crippen LogP contribution in [0.5, 0.6) is 11.5 Å². The van der Waals surface area contributed by atoms with Crippen molar-refractivity contribution in [3.8, 4) is 11.5 Å². The molecular formula is C21H19N3O4S.